The van der Waals surface area contributed by atoms with Crippen LogP contribution in [0.25, 0.3) is 0 Å². The van der Waals surface area contributed by atoms with Crippen molar-refractivity contribution in [1.82, 2.24) is 5.32 Å². The van der Waals surface area contributed by atoms with Crippen molar-refractivity contribution < 1.29 is 14.6 Å². The Balaban J connectivity index is 2.52. The molecule has 1 fully saturated rings. The summed E-state index contributed by atoms with van der Waals surface area (Å²) in [5, 5.41) is 12.3. The van der Waals surface area contributed by atoms with Crippen LogP contribution in [0.15, 0.2) is 0 Å². The van der Waals surface area contributed by atoms with E-state index >= 15 is 0 Å². The zero-order valence-corrected chi connectivity index (χ0v) is 11.3. The van der Waals surface area contributed by atoms with E-state index in [0.29, 0.717) is 5.92 Å². The molecule has 0 amide bonds. The first-order valence-corrected chi connectivity index (χ1v) is 6.46. The average Bonchev–Trinajstić information content (AvgIpc) is 3.02. The maximum Gasteiger partial charge on any atom is 0.326 e. The van der Waals surface area contributed by atoms with Crippen molar-refractivity contribution in [2.24, 2.45) is 11.8 Å². The van der Waals surface area contributed by atoms with Crippen molar-refractivity contribution in [2.45, 2.75) is 51.7 Å². The lowest BCUT2D eigenvalue weighted by Gasteiger charge is -2.30. The number of carboxylic acid groups (broad SMARTS) is 1. The fourth-order valence-corrected chi connectivity index (χ4v) is 2.32. The van der Waals surface area contributed by atoms with Gasteiger partial charge in [-0.1, -0.05) is 13.8 Å². The van der Waals surface area contributed by atoms with Crippen LogP contribution in [-0.4, -0.2) is 36.4 Å². The van der Waals surface area contributed by atoms with Crippen LogP contribution in [0.4, 0.5) is 0 Å². The number of nitrogens with one attached hydrogen (secondary N) is 1. The van der Waals surface area contributed by atoms with Gasteiger partial charge in [-0.3, -0.25) is 4.79 Å². The molecule has 0 radical (unpaired) electrons. The lowest BCUT2D eigenvalue weighted by atomic mass is 9.94. The topological polar surface area (TPSA) is 58.6 Å². The highest BCUT2D eigenvalue weighted by atomic mass is 16.5. The molecule has 0 saturated heterocycles. The molecule has 0 heterocycles. The highest BCUT2D eigenvalue weighted by molar-refractivity contribution is 5.80. The Bertz CT molecular complexity index is 263. The van der Waals surface area contributed by atoms with Crippen LogP contribution in [0.2, 0.25) is 0 Å². The number of carboxylic acids is 1. The number of ether oxygens (including phenoxy) is 1. The predicted molar refractivity (Wildman–Crippen MR) is 67.0 cm³/mol. The first-order chi connectivity index (χ1) is 7.92. The van der Waals surface area contributed by atoms with Gasteiger partial charge in [0.05, 0.1) is 12.7 Å². The van der Waals surface area contributed by atoms with E-state index in [1.807, 2.05) is 6.92 Å². The van der Waals surface area contributed by atoms with Gasteiger partial charge in [0.25, 0.3) is 0 Å². The molecule has 4 heteroatoms. The van der Waals surface area contributed by atoms with Crippen LogP contribution in [0, 0.1) is 11.8 Å². The monoisotopic (exact) mass is 243 g/mol. The summed E-state index contributed by atoms with van der Waals surface area (Å²) in [5.74, 6) is -0.00441. The van der Waals surface area contributed by atoms with Crippen molar-refractivity contribution in [3.63, 3.8) is 0 Å². The van der Waals surface area contributed by atoms with Gasteiger partial charge in [-0.2, -0.15) is 0 Å². The zero-order chi connectivity index (χ0) is 13.1. The minimum Gasteiger partial charge on any atom is -0.480 e. The summed E-state index contributed by atoms with van der Waals surface area (Å²) < 4.78 is 5.73. The number of rotatable bonds is 8. The predicted octanol–water partition coefficient (Wildman–Crippen LogP) is 1.89. The zero-order valence-electron chi connectivity index (χ0n) is 11.3. The molecule has 4 nitrogen and oxygen atoms in total. The largest absolute Gasteiger partial charge is 0.480 e. The fraction of sp³-hybridized carbons (Fsp3) is 0.923. The van der Waals surface area contributed by atoms with Crippen LogP contribution in [-0.2, 0) is 9.53 Å². The molecule has 1 aliphatic rings. The third-order valence-corrected chi connectivity index (χ3v) is 3.50. The smallest absolute Gasteiger partial charge is 0.326 e. The van der Waals surface area contributed by atoms with Crippen LogP contribution in [0.1, 0.15) is 40.0 Å². The quantitative estimate of drug-likeness (QED) is 0.683. The Morgan fingerprint density at radius 1 is 1.47 bits per heavy atom. The summed E-state index contributed by atoms with van der Waals surface area (Å²) >= 11 is 0. The normalized spacial score (nSPS) is 21.2. The number of aliphatic carboxylic acids is 1. The number of hydrogen-bond donors (Lipinski definition) is 2. The van der Waals surface area contributed by atoms with Crippen molar-refractivity contribution in [2.75, 3.05) is 13.7 Å². The van der Waals surface area contributed by atoms with E-state index in [4.69, 9.17) is 4.74 Å². The Morgan fingerprint density at radius 2 is 2.06 bits per heavy atom. The fourth-order valence-electron chi connectivity index (χ4n) is 2.32. The lowest BCUT2D eigenvalue weighted by molar-refractivity contribution is -0.150. The van der Waals surface area contributed by atoms with E-state index in [-0.39, 0.29) is 18.6 Å². The summed E-state index contributed by atoms with van der Waals surface area (Å²) in [4.78, 5) is 11.4. The summed E-state index contributed by atoms with van der Waals surface area (Å²) in [6.45, 7) is 6.55. The van der Waals surface area contributed by atoms with Gasteiger partial charge < -0.3 is 15.2 Å². The van der Waals surface area contributed by atoms with Crippen molar-refractivity contribution in [3.8, 4) is 0 Å². The Hall–Kier alpha value is -0.610. The maximum atomic E-state index is 11.4. The summed E-state index contributed by atoms with van der Waals surface area (Å²) in [6, 6.07) is 0. The van der Waals surface area contributed by atoms with Crippen LogP contribution in [0.3, 0.4) is 0 Å². The lowest BCUT2D eigenvalue weighted by Crippen LogP contribution is -2.56. The average molecular weight is 243 g/mol. The standard InChI is InChI=1S/C13H25NO3/c1-9(2)7-10(3)17-8-13(14-4,12(15)16)11-5-6-11/h9-11,14H,5-8H2,1-4H3,(H,15,16). The van der Waals surface area contributed by atoms with Gasteiger partial charge in [0, 0.05) is 0 Å². The van der Waals surface area contributed by atoms with E-state index in [9.17, 15) is 9.90 Å². The summed E-state index contributed by atoms with van der Waals surface area (Å²) in [7, 11) is 1.71. The van der Waals surface area contributed by atoms with E-state index in [1.54, 1.807) is 7.05 Å². The molecule has 100 valence electrons. The van der Waals surface area contributed by atoms with Gasteiger partial charge in [-0.25, -0.2) is 0 Å². The van der Waals surface area contributed by atoms with E-state index in [1.165, 1.54) is 0 Å². The molecular formula is C13H25NO3. The molecule has 0 aromatic carbocycles. The molecule has 2 atom stereocenters. The van der Waals surface area contributed by atoms with Crippen molar-refractivity contribution in [3.05, 3.63) is 0 Å². The summed E-state index contributed by atoms with van der Waals surface area (Å²) in [5.41, 5.74) is -0.884. The second-order valence-corrected chi connectivity index (χ2v) is 5.55. The molecule has 0 bridgehead atoms. The van der Waals surface area contributed by atoms with Crippen molar-refractivity contribution in [1.29, 1.82) is 0 Å². The molecule has 0 aromatic heterocycles. The summed E-state index contributed by atoms with van der Waals surface area (Å²) in [6.07, 6.45) is 3.04. The Morgan fingerprint density at radius 3 is 2.41 bits per heavy atom. The van der Waals surface area contributed by atoms with E-state index < -0.39 is 11.5 Å². The van der Waals surface area contributed by atoms with Crippen LogP contribution in [0.5, 0.6) is 0 Å². The van der Waals surface area contributed by atoms with Gasteiger partial charge in [-0.05, 0) is 45.1 Å². The second kappa shape index (κ2) is 5.83. The highest BCUT2D eigenvalue weighted by Gasteiger charge is 2.50. The van der Waals surface area contributed by atoms with E-state index in [0.717, 1.165) is 19.3 Å². The van der Waals surface area contributed by atoms with Crippen LogP contribution >= 0.6 is 0 Å². The van der Waals surface area contributed by atoms with Crippen molar-refractivity contribution >= 4 is 5.97 Å². The van der Waals surface area contributed by atoms with Gasteiger partial charge in [0.2, 0.25) is 0 Å². The first kappa shape index (κ1) is 14.5. The maximum absolute atomic E-state index is 11.4. The Kier molecular flexibility index (Phi) is 4.95. The van der Waals surface area contributed by atoms with Gasteiger partial charge in [-0.15, -0.1) is 0 Å². The molecule has 17 heavy (non-hydrogen) atoms. The molecular weight excluding hydrogens is 218 g/mol. The third kappa shape index (κ3) is 3.68. The number of hydrogen-bond acceptors (Lipinski definition) is 3. The SMILES string of the molecule is CNC(COC(C)CC(C)C)(C(=O)O)C1CC1. The minimum absolute atomic E-state index is 0.112. The first-order valence-electron chi connectivity index (χ1n) is 6.46. The molecule has 1 rings (SSSR count). The number of carbonyl (C=O) groups is 1. The van der Waals surface area contributed by atoms with E-state index in [2.05, 4.69) is 19.2 Å². The molecule has 0 spiro atoms. The van der Waals surface area contributed by atoms with Gasteiger partial charge >= 0.3 is 5.97 Å². The van der Waals surface area contributed by atoms with Gasteiger partial charge in [0.1, 0.15) is 5.54 Å². The highest BCUT2D eigenvalue weighted by Crippen LogP contribution is 2.40. The van der Waals surface area contributed by atoms with Crippen LogP contribution < -0.4 is 5.32 Å². The molecule has 0 aliphatic heterocycles. The molecule has 0 aromatic rings. The second-order valence-electron chi connectivity index (χ2n) is 5.55. The molecule has 2 N–H and O–H groups in total. The minimum atomic E-state index is -0.884. The molecule has 1 saturated carbocycles. The third-order valence-electron chi connectivity index (χ3n) is 3.50. The molecule has 1 aliphatic carbocycles. The Labute approximate surface area is 104 Å². The molecule has 2 unspecified atom stereocenters. The number of likely N-dealkylation sites (N-methyl/N-ethyl adjacent to an activating group) is 1. The van der Waals surface area contributed by atoms with Gasteiger partial charge in [0.15, 0.2) is 0 Å².